The molecule has 3 nitrogen and oxygen atoms in total. The molecule has 1 N–H and O–H groups in total. The Balaban J connectivity index is 2.09. The van der Waals surface area contributed by atoms with Gasteiger partial charge in [-0.15, -0.1) is 0 Å². The molecule has 2 rings (SSSR count). The molecule has 3 heteroatoms. The predicted octanol–water partition coefficient (Wildman–Crippen LogP) is 4.16. The van der Waals surface area contributed by atoms with E-state index in [4.69, 9.17) is 4.74 Å². The van der Waals surface area contributed by atoms with Gasteiger partial charge in [-0.3, -0.25) is 0 Å². The smallest absolute Gasteiger partial charge is 0.337 e. The fourth-order valence-electron chi connectivity index (χ4n) is 2.87. The zero-order chi connectivity index (χ0) is 14.5. The van der Waals surface area contributed by atoms with Crippen molar-refractivity contribution in [3.63, 3.8) is 0 Å². The van der Waals surface area contributed by atoms with Crippen LogP contribution >= 0.6 is 0 Å². The third-order valence-corrected chi connectivity index (χ3v) is 4.28. The molecule has 2 atom stereocenters. The molecule has 1 aromatic carbocycles. The number of carbonyl (C=O) groups excluding carboxylic acids is 1. The van der Waals surface area contributed by atoms with Crippen molar-refractivity contribution in [3.8, 4) is 0 Å². The van der Waals surface area contributed by atoms with Crippen LogP contribution in [0.15, 0.2) is 18.2 Å². The Morgan fingerprint density at radius 2 is 2.05 bits per heavy atom. The second-order valence-corrected chi connectivity index (χ2v) is 5.98. The minimum absolute atomic E-state index is 0.275. The summed E-state index contributed by atoms with van der Waals surface area (Å²) in [6.45, 7) is 4.41. The Bertz CT molecular complexity index is 470. The van der Waals surface area contributed by atoms with Crippen LogP contribution in [0.4, 0.5) is 5.69 Å². The van der Waals surface area contributed by atoms with Gasteiger partial charge >= 0.3 is 5.97 Å². The molecule has 0 heterocycles. The van der Waals surface area contributed by atoms with Crippen LogP contribution < -0.4 is 5.32 Å². The van der Waals surface area contributed by atoms with Crippen molar-refractivity contribution in [3.05, 3.63) is 29.3 Å². The maximum absolute atomic E-state index is 11.6. The van der Waals surface area contributed by atoms with Crippen LogP contribution in [0.25, 0.3) is 0 Å². The summed E-state index contributed by atoms with van der Waals surface area (Å²) in [6, 6.07) is 6.23. The first kappa shape index (κ1) is 14.9. The number of benzene rings is 1. The molecule has 0 spiro atoms. The lowest BCUT2D eigenvalue weighted by atomic mass is 10.0. The molecule has 0 bridgehead atoms. The standard InChI is InChI=1S/C17H25NO2/c1-12-5-4-6-15(10-7-12)18-16-11-14(17(19)20-3)9-8-13(16)2/h8-9,11-12,15,18H,4-7,10H2,1-3H3. The van der Waals surface area contributed by atoms with E-state index in [-0.39, 0.29) is 5.97 Å². The van der Waals surface area contributed by atoms with Crippen LogP contribution in [0.3, 0.4) is 0 Å². The van der Waals surface area contributed by atoms with E-state index in [9.17, 15) is 4.79 Å². The lowest BCUT2D eigenvalue weighted by Crippen LogP contribution is -2.19. The summed E-state index contributed by atoms with van der Waals surface area (Å²) >= 11 is 0. The average molecular weight is 275 g/mol. The minimum atomic E-state index is -0.275. The van der Waals surface area contributed by atoms with Crippen LogP contribution in [0, 0.1) is 12.8 Å². The van der Waals surface area contributed by atoms with Gasteiger partial charge in [-0.2, -0.15) is 0 Å². The van der Waals surface area contributed by atoms with Gasteiger partial charge in [-0.05, 0) is 49.8 Å². The van der Waals surface area contributed by atoms with Crippen LogP contribution in [-0.2, 0) is 4.74 Å². The molecule has 1 aliphatic carbocycles. The molecule has 0 saturated heterocycles. The van der Waals surface area contributed by atoms with Gasteiger partial charge in [0.1, 0.15) is 0 Å². The zero-order valence-electron chi connectivity index (χ0n) is 12.7. The number of rotatable bonds is 3. The number of anilines is 1. The van der Waals surface area contributed by atoms with Crippen LogP contribution in [-0.4, -0.2) is 19.1 Å². The maximum atomic E-state index is 11.6. The highest BCUT2D eigenvalue weighted by Crippen LogP contribution is 2.26. The number of hydrogen-bond acceptors (Lipinski definition) is 3. The quantitative estimate of drug-likeness (QED) is 0.665. The van der Waals surface area contributed by atoms with Crippen molar-refractivity contribution in [1.82, 2.24) is 0 Å². The predicted molar refractivity (Wildman–Crippen MR) is 82.2 cm³/mol. The van der Waals surface area contributed by atoms with E-state index in [1.807, 2.05) is 18.2 Å². The van der Waals surface area contributed by atoms with Gasteiger partial charge in [0.25, 0.3) is 0 Å². The molecule has 1 aliphatic rings. The topological polar surface area (TPSA) is 38.3 Å². The van der Waals surface area contributed by atoms with Crippen LogP contribution in [0.5, 0.6) is 0 Å². The first-order chi connectivity index (χ1) is 9.60. The van der Waals surface area contributed by atoms with Crippen molar-refractivity contribution in [2.45, 2.75) is 52.0 Å². The number of hydrogen-bond donors (Lipinski definition) is 1. The van der Waals surface area contributed by atoms with Crippen molar-refractivity contribution in [2.24, 2.45) is 5.92 Å². The molecule has 1 saturated carbocycles. The average Bonchev–Trinajstić information content (AvgIpc) is 2.65. The van der Waals surface area contributed by atoms with Crippen molar-refractivity contribution in [1.29, 1.82) is 0 Å². The molecule has 0 aliphatic heterocycles. The van der Waals surface area contributed by atoms with Gasteiger partial charge < -0.3 is 10.1 Å². The Kier molecular flexibility index (Phi) is 5.05. The summed E-state index contributed by atoms with van der Waals surface area (Å²) in [6.07, 6.45) is 6.33. The van der Waals surface area contributed by atoms with Gasteiger partial charge in [0.05, 0.1) is 12.7 Å². The normalized spacial score (nSPS) is 22.9. The van der Waals surface area contributed by atoms with E-state index in [1.54, 1.807) is 0 Å². The van der Waals surface area contributed by atoms with Gasteiger partial charge in [0.15, 0.2) is 0 Å². The van der Waals surface area contributed by atoms with Crippen LogP contribution in [0.1, 0.15) is 54.9 Å². The highest BCUT2D eigenvalue weighted by atomic mass is 16.5. The number of nitrogens with one attached hydrogen (secondary N) is 1. The summed E-state index contributed by atoms with van der Waals surface area (Å²) in [7, 11) is 1.42. The number of carbonyl (C=O) groups is 1. The first-order valence-corrected chi connectivity index (χ1v) is 7.55. The van der Waals surface area contributed by atoms with Gasteiger partial charge in [0.2, 0.25) is 0 Å². The third-order valence-electron chi connectivity index (χ3n) is 4.28. The highest BCUT2D eigenvalue weighted by Gasteiger charge is 2.17. The molecule has 20 heavy (non-hydrogen) atoms. The Morgan fingerprint density at radius 1 is 1.25 bits per heavy atom. The largest absolute Gasteiger partial charge is 0.465 e. The van der Waals surface area contributed by atoms with Crippen molar-refractivity contribution in [2.75, 3.05) is 12.4 Å². The fourth-order valence-corrected chi connectivity index (χ4v) is 2.87. The molecule has 1 fully saturated rings. The molecule has 110 valence electrons. The summed E-state index contributed by atoms with van der Waals surface area (Å²) in [5, 5.41) is 3.62. The molecular weight excluding hydrogens is 250 g/mol. The maximum Gasteiger partial charge on any atom is 0.337 e. The number of aryl methyl sites for hydroxylation is 1. The Morgan fingerprint density at radius 3 is 2.80 bits per heavy atom. The molecule has 1 aromatic rings. The monoisotopic (exact) mass is 275 g/mol. The minimum Gasteiger partial charge on any atom is -0.465 e. The Labute approximate surface area is 121 Å². The second kappa shape index (κ2) is 6.78. The fraction of sp³-hybridized carbons (Fsp3) is 0.588. The highest BCUT2D eigenvalue weighted by molar-refractivity contribution is 5.90. The zero-order valence-corrected chi connectivity index (χ0v) is 12.7. The second-order valence-electron chi connectivity index (χ2n) is 5.98. The lowest BCUT2D eigenvalue weighted by molar-refractivity contribution is 0.0601. The summed E-state index contributed by atoms with van der Waals surface area (Å²) in [5.41, 5.74) is 2.85. The lowest BCUT2D eigenvalue weighted by Gasteiger charge is -2.20. The molecular formula is C17H25NO2. The summed E-state index contributed by atoms with van der Waals surface area (Å²) in [4.78, 5) is 11.6. The van der Waals surface area contributed by atoms with Crippen molar-refractivity contribution >= 4 is 11.7 Å². The van der Waals surface area contributed by atoms with Crippen molar-refractivity contribution < 1.29 is 9.53 Å². The molecule has 0 radical (unpaired) electrons. The Hall–Kier alpha value is -1.51. The SMILES string of the molecule is COC(=O)c1ccc(C)c(NC2CCCC(C)CC2)c1. The van der Waals surface area contributed by atoms with E-state index >= 15 is 0 Å². The number of ether oxygens (including phenoxy) is 1. The van der Waals surface area contributed by atoms with Gasteiger partial charge in [-0.1, -0.05) is 25.8 Å². The molecule has 0 aromatic heterocycles. The van der Waals surface area contributed by atoms with E-state index in [0.29, 0.717) is 11.6 Å². The summed E-state index contributed by atoms with van der Waals surface area (Å²) in [5.74, 6) is 0.562. The van der Waals surface area contributed by atoms with Gasteiger partial charge in [-0.25, -0.2) is 4.79 Å². The van der Waals surface area contributed by atoms with Crippen LogP contribution in [0.2, 0.25) is 0 Å². The summed E-state index contributed by atoms with van der Waals surface area (Å²) < 4.78 is 4.79. The van der Waals surface area contributed by atoms with E-state index in [2.05, 4.69) is 19.2 Å². The molecule has 2 unspecified atom stereocenters. The number of methoxy groups -OCH3 is 1. The van der Waals surface area contributed by atoms with Gasteiger partial charge in [0, 0.05) is 11.7 Å². The third kappa shape index (κ3) is 3.75. The van der Waals surface area contributed by atoms with E-state index in [0.717, 1.165) is 11.6 Å². The number of esters is 1. The van der Waals surface area contributed by atoms with E-state index in [1.165, 1.54) is 44.8 Å². The first-order valence-electron chi connectivity index (χ1n) is 7.55. The molecule has 0 amide bonds. The van der Waals surface area contributed by atoms with E-state index < -0.39 is 0 Å².